The third-order valence-corrected chi connectivity index (χ3v) is 1.49. The lowest BCUT2D eigenvalue weighted by Gasteiger charge is -2.03. The zero-order chi connectivity index (χ0) is 11.3. The number of nitrogens with zero attached hydrogens (tertiary/aromatic N) is 1. The summed E-state index contributed by atoms with van der Waals surface area (Å²) in [6, 6.07) is 5.51. The molecular weight excluding hydrogens is 208 g/mol. The topological polar surface area (TPSA) is 52.4 Å². The van der Waals surface area contributed by atoms with Crippen molar-refractivity contribution in [1.29, 1.82) is 0 Å². The zero-order valence-corrected chi connectivity index (χ0v) is 7.47. The number of hydrogen-bond donors (Lipinski definition) is 0. The van der Waals surface area contributed by atoms with Crippen molar-refractivity contribution in [1.82, 2.24) is 0 Å². The maximum Gasteiger partial charge on any atom is 0.387 e. The summed E-state index contributed by atoms with van der Waals surface area (Å²) < 4.78 is 27.6. The lowest BCUT2D eigenvalue weighted by atomic mass is 10.2. The molecule has 15 heavy (non-hydrogen) atoms. The Morgan fingerprint density at radius 1 is 1.33 bits per heavy atom. The zero-order valence-electron chi connectivity index (χ0n) is 7.47. The van der Waals surface area contributed by atoms with Crippen LogP contribution in [-0.2, 0) is 0 Å². The maximum absolute atomic E-state index is 11.7. The normalized spacial score (nSPS) is 10.9. The molecule has 0 aromatic heterocycles. The van der Waals surface area contributed by atoms with E-state index in [4.69, 9.17) is 0 Å². The molecule has 0 spiro atoms. The van der Waals surface area contributed by atoms with Gasteiger partial charge in [0.1, 0.15) is 5.75 Å². The molecule has 6 heteroatoms. The van der Waals surface area contributed by atoms with Crippen LogP contribution in [0.1, 0.15) is 5.56 Å². The fourth-order valence-corrected chi connectivity index (χ4v) is 0.907. The molecule has 0 N–H and O–H groups in total. The molecule has 0 heterocycles. The van der Waals surface area contributed by atoms with Gasteiger partial charge in [0.2, 0.25) is 6.20 Å². The van der Waals surface area contributed by atoms with Crippen LogP contribution in [0.2, 0.25) is 0 Å². The lowest BCUT2D eigenvalue weighted by Crippen LogP contribution is -2.01. The van der Waals surface area contributed by atoms with Crippen molar-refractivity contribution in [2.75, 3.05) is 0 Å². The van der Waals surface area contributed by atoms with Crippen molar-refractivity contribution in [3.63, 3.8) is 0 Å². The Balaban J connectivity index is 2.68. The van der Waals surface area contributed by atoms with Crippen LogP contribution in [-0.4, -0.2) is 11.5 Å². The molecule has 4 nitrogen and oxygen atoms in total. The summed E-state index contributed by atoms with van der Waals surface area (Å²) >= 11 is 0. The first-order valence-electron chi connectivity index (χ1n) is 3.94. The number of ether oxygens (including phenoxy) is 1. The largest absolute Gasteiger partial charge is 0.435 e. The lowest BCUT2D eigenvalue weighted by molar-refractivity contribution is -0.400. The summed E-state index contributed by atoms with van der Waals surface area (Å²) in [5, 5.41) is 9.98. The SMILES string of the molecule is O=[N+]([O-])C=Cc1ccc(OC(F)F)cc1. The summed E-state index contributed by atoms with van der Waals surface area (Å²) in [6.45, 7) is -2.87. The van der Waals surface area contributed by atoms with Crippen LogP contribution in [0.15, 0.2) is 30.5 Å². The highest BCUT2D eigenvalue weighted by Crippen LogP contribution is 2.15. The number of alkyl halides is 2. The second-order valence-corrected chi connectivity index (χ2v) is 2.55. The van der Waals surface area contributed by atoms with E-state index >= 15 is 0 Å². The van der Waals surface area contributed by atoms with E-state index in [0.717, 1.165) is 6.20 Å². The van der Waals surface area contributed by atoms with Crippen molar-refractivity contribution < 1.29 is 18.4 Å². The highest BCUT2D eigenvalue weighted by Gasteiger charge is 2.02. The van der Waals surface area contributed by atoms with Crippen LogP contribution in [0.4, 0.5) is 8.78 Å². The van der Waals surface area contributed by atoms with E-state index in [-0.39, 0.29) is 5.75 Å². The molecule has 0 bridgehead atoms. The average Bonchev–Trinajstić information content (AvgIpc) is 2.16. The van der Waals surface area contributed by atoms with E-state index in [9.17, 15) is 18.9 Å². The molecule has 0 unspecified atom stereocenters. The Bertz CT molecular complexity index is 362. The van der Waals surface area contributed by atoms with Crippen molar-refractivity contribution in [3.05, 3.63) is 46.1 Å². The molecule has 0 radical (unpaired) electrons. The predicted octanol–water partition coefficient (Wildman–Crippen LogP) is 2.54. The molecule has 0 amide bonds. The third-order valence-electron chi connectivity index (χ3n) is 1.49. The van der Waals surface area contributed by atoms with Gasteiger partial charge in [-0.05, 0) is 17.7 Å². The second kappa shape index (κ2) is 5.04. The molecule has 80 valence electrons. The monoisotopic (exact) mass is 215 g/mol. The summed E-state index contributed by atoms with van der Waals surface area (Å²) in [6.07, 6.45) is 2.02. The summed E-state index contributed by atoms with van der Waals surface area (Å²) in [5.74, 6) is 0.0169. The minimum Gasteiger partial charge on any atom is -0.435 e. The van der Waals surface area contributed by atoms with E-state index in [1.165, 1.54) is 30.3 Å². The van der Waals surface area contributed by atoms with E-state index in [1.54, 1.807) is 0 Å². The fraction of sp³-hybridized carbons (Fsp3) is 0.111. The molecule has 0 fully saturated rings. The average molecular weight is 215 g/mol. The van der Waals surface area contributed by atoms with Crippen LogP contribution in [0.5, 0.6) is 5.75 Å². The van der Waals surface area contributed by atoms with Gasteiger partial charge in [0.25, 0.3) is 0 Å². The highest BCUT2D eigenvalue weighted by atomic mass is 19.3. The van der Waals surface area contributed by atoms with Gasteiger partial charge in [0, 0.05) is 6.08 Å². The second-order valence-electron chi connectivity index (χ2n) is 2.55. The molecule has 0 atom stereocenters. The molecule has 1 aromatic rings. The van der Waals surface area contributed by atoms with Gasteiger partial charge in [-0.25, -0.2) is 0 Å². The number of benzene rings is 1. The Labute approximate surface area is 83.9 Å². The molecule has 1 rings (SSSR count). The van der Waals surface area contributed by atoms with E-state index < -0.39 is 11.5 Å². The Kier molecular flexibility index (Phi) is 3.73. The van der Waals surface area contributed by atoms with Crippen molar-refractivity contribution >= 4 is 6.08 Å². The quantitative estimate of drug-likeness (QED) is 0.572. The molecule has 0 aliphatic carbocycles. The van der Waals surface area contributed by atoms with Gasteiger partial charge in [0.15, 0.2) is 0 Å². The molecule has 0 aliphatic rings. The predicted molar refractivity (Wildman–Crippen MR) is 49.1 cm³/mol. The fourth-order valence-electron chi connectivity index (χ4n) is 0.907. The molecular formula is C9H7F2NO3. The Morgan fingerprint density at radius 3 is 2.40 bits per heavy atom. The summed E-state index contributed by atoms with van der Waals surface area (Å²) in [4.78, 5) is 9.37. The first-order chi connectivity index (χ1) is 7.08. The van der Waals surface area contributed by atoms with Crippen molar-refractivity contribution in [3.8, 4) is 5.75 Å². The van der Waals surface area contributed by atoms with Crippen molar-refractivity contribution in [2.45, 2.75) is 6.61 Å². The van der Waals surface area contributed by atoms with Crippen LogP contribution < -0.4 is 4.74 Å². The van der Waals surface area contributed by atoms with E-state index in [1.807, 2.05) is 0 Å². The van der Waals surface area contributed by atoms with Crippen LogP contribution in [0.3, 0.4) is 0 Å². The summed E-state index contributed by atoms with van der Waals surface area (Å²) in [7, 11) is 0. The van der Waals surface area contributed by atoms with Crippen LogP contribution in [0, 0.1) is 10.1 Å². The van der Waals surface area contributed by atoms with Gasteiger partial charge in [-0.3, -0.25) is 10.1 Å². The smallest absolute Gasteiger partial charge is 0.387 e. The molecule has 1 aromatic carbocycles. The number of hydrogen-bond acceptors (Lipinski definition) is 3. The Hall–Kier alpha value is -1.98. The minimum absolute atomic E-state index is 0.0169. The van der Waals surface area contributed by atoms with Crippen LogP contribution in [0.25, 0.3) is 6.08 Å². The van der Waals surface area contributed by atoms with Gasteiger partial charge in [0.05, 0.1) is 4.92 Å². The maximum atomic E-state index is 11.7. The third kappa shape index (κ3) is 4.17. The Morgan fingerprint density at radius 2 is 1.93 bits per heavy atom. The van der Waals surface area contributed by atoms with Gasteiger partial charge in [-0.1, -0.05) is 12.1 Å². The number of halogens is 2. The number of rotatable bonds is 4. The van der Waals surface area contributed by atoms with Gasteiger partial charge in [-0.2, -0.15) is 8.78 Å². The van der Waals surface area contributed by atoms with E-state index in [0.29, 0.717) is 5.56 Å². The van der Waals surface area contributed by atoms with Gasteiger partial charge in [-0.15, -0.1) is 0 Å². The number of nitro groups is 1. The van der Waals surface area contributed by atoms with Crippen LogP contribution >= 0.6 is 0 Å². The minimum atomic E-state index is -2.87. The van der Waals surface area contributed by atoms with Crippen molar-refractivity contribution in [2.24, 2.45) is 0 Å². The first kappa shape index (κ1) is 11.1. The van der Waals surface area contributed by atoms with E-state index in [2.05, 4.69) is 4.74 Å². The summed E-state index contributed by atoms with van der Waals surface area (Å²) in [5.41, 5.74) is 0.535. The van der Waals surface area contributed by atoms with Gasteiger partial charge < -0.3 is 4.74 Å². The molecule has 0 saturated carbocycles. The standard InChI is InChI=1S/C9H7F2NO3/c10-9(11)15-8-3-1-7(2-4-8)5-6-12(13)14/h1-6,9H. The van der Waals surface area contributed by atoms with Gasteiger partial charge >= 0.3 is 6.61 Å². The highest BCUT2D eigenvalue weighted by molar-refractivity contribution is 5.49. The first-order valence-corrected chi connectivity index (χ1v) is 3.94. The molecule has 0 aliphatic heterocycles. The molecule has 0 saturated heterocycles.